The highest BCUT2D eigenvalue weighted by atomic mass is 35.5. The molecule has 0 fully saturated rings. The molecule has 0 aliphatic carbocycles. The van der Waals surface area contributed by atoms with E-state index in [9.17, 15) is 14.0 Å². The van der Waals surface area contributed by atoms with Gasteiger partial charge in [-0.2, -0.15) is 0 Å². The minimum atomic E-state index is -0.331. The van der Waals surface area contributed by atoms with Gasteiger partial charge in [0.1, 0.15) is 12.4 Å². The van der Waals surface area contributed by atoms with Gasteiger partial charge in [0.15, 0.2) is 0 Å². The maximum Gasteiger partial charge on any atom is 0.240 e. The van der Waals surface area contributed by atoms with Crippen molar-refractivity contribution in [1.29, 1.82) is 0 Å². The van der Waals surface area contributed by atoms with E-state index in [4.69, 9.17) is 11.6 Å². The number of anilines is 1. The summed E-state index contributed by atoms with van der Waals surface area (Å²) in [4.78, 5) is 25.6. The van der Waals surface area contributed by atoms with Crippen molar-refractivity contribution in [3.63, 3.8) is 0 Å². The monoisotopic (exact) mass is 362 g/mol. The Morgan fingerprint density at radius 2 is 1.80 bits per heavy atom. The summed E-state index contributed by atoms with van der Waals surface area (Å²) in [5, 5.41) is 3.16. The number of amides is 2. The van der Waals surface area contributed by atoms with E-state index in [0.29, 0.717) is 10.7 Å². The van der Waals surface area contributed by atoms with Gasteiger partial charge in [0.25, 0.3) is 0 Å². The molecule has 0 heterocycles. The molecular formula is C19H20ClFN2O2. The first kappa shape index (κ1) is 18.9. The molecule has 1 N–H and O–H groups in total. The summed E-state index contributed by atoms with van der Waals surface area (Å²) in [6.45, 7) is 5.27. The number of carbonyl (C=O) groups excluding carboxylic acids is 2. The molecule has 0 saturated carbocycles. The molecule has 2 aromatic rings. The quantitative estimate of drug-likeness (QED) is 0.880. The number of rotatable bonds is 5. The van der Waals surface area contributed by atoms with Crippen LogP contribution < -0.4 is 10.2 Å². The van der Waals surface area contributed by atoms with Crippen LogP contribution >= 0.6 is 11.6 Å². The highest BCUT2D eigenvalue weighted by Crippen LogP contribution is 2.31. The molecule has 0 spiro atoms. The molecule has 0 aliphatic heterocycles. The standard InChI is InChI=1S/C19H20ClFN2O2/c1-12-8-13(2)19(17(20)9-12)23(14(3)24)11-18(25)22-10-15-4-6-16(21)7-5-15/h4-9H,10-11H2,1-3H3,(H,22,25). The van der Waals surface area contributed by atoms with Gasteiger partial charge in [0.05, 0.1) is 10.7 Å². The molecule has 2 amide bonds. The van der Waals surface area contributed by atoms with E-state index in [1.54, 1.807) is 18.2 Å². The summed E-state index contributed by atoms with van der Waals surface area (Å²) >= 11 is 6.28. The third-order valence-electron chi connectivity index (χ3n) is 3.75. The predicted molar refractivity (Wildman–Crippen MR) is 97.2 cm³/mol. The van der Waals surface area contributed by atoms with Gasteiger partial charge >= 0.3 is 0 Å². The Balaban J connectivity index is 2.10. The van der Waals surface area contributed by atoms with E-state index >= 15 is 0 Å². The number of aryl methyl sites for hydroxylation is 2. The van der Waals surface area contributed by atoms with Gasteiger partial charge in [-0.1, -0.05) is 29.8 Å². The van der Waals surface area contributed by atoms with E-state index in [2.05, 4.69) is 5.32 Å². The minimum Gasteiger partial charge on any atom is -0.350 e. The Labute approximate surface area is 151 Å². The van der Waals surface area contributed by atoms with Crippen molar-refractivity contribution >= 4 is 29.1 Å². The van der Waals surface area contributed by atoms with Gasteiger partial charge in [0.2, 0.25) is 11.8 Å². The van der Waals surface area contributed by atoms with E-state index in [1.807, 2.05) is 19.9 Å². The summed E-state index contributed by atoms with van der Waals surface area (Å²) in [6, 6.07) is 9.53. The third kappa shape index (κ3) is 5.03. The molecule has 0 atom stereocenters. The number of nitrogens with zero attached hydrogens (tertiary/aromatic N) is 1. The second-order valence-corrected chi connectivity index (χ2v) is 6.33. The van der Waals surface area contributed by atoms with Crippen LogP contribution in [0, 0.1) is 19.7 Å². The number of carbonyl (C=O) groups is 2. The van der Waals surface area contributed by atoms with Gasteiger partial charge in [-0.3, -0.25) is 9.59 Å². The lowest BCUT2D eigenvalue weighted by molar-refractivity contribution is -0.123. The summed E-state index contributed by atoms with van der Waals surface area (Å²) in [7, 11) is 0. The van der Waals surface area contributed by atoms with Crippen molar-refractivity contribution in [3.8, 4) is 0 Å². The molecule has 6 heteroatoms. The van der Waals surface area contributed by atoms with Gasteiger partial charge < -0.3 is 10.2 Å². The Bertz CT molecular complexity index is 768. The smallest absolute Gasteiger partial charge is 0.240 e. The first-order chi connectivity index (χ1) is 11.8. The van der Waals surface area contributed by atoms with Gasteiger partial charge in [-0.25, -0.2) is 4.39 Å². The van der Waals surface area contributed by atoms with Crippen molar-refractivity contribution in [3.05, 3.63) is 63.9 Å². The Morgan fingerprint density at radius 3 is 2.36 bits per heavy atom. The van der Waals surface area contributed by atoms with Crippen molar-refractivity contribution in [2.75, 3.05) is 11.4 Å². The zero-order chi connectivity index (χ0) is 18.6. The fourth-order valence-corrected chi connectivity index (χ4v) is 3.02. The van der Waals surface area contributed by atoms with Crippen LogP contribution in [0.4, 0.5) is 10.1 Å². The van der Waals surface area contributed by atoms with Crippen molar-refractivity contribution in [1.82, 2.24) is 5.32 Å². The van der Waals surface area contributed by atoms with Crippen LogP contribution in [-0.4, -0.2) is 18.4 Å². The third-order valence-corrected chi connectivity index (χ3v) is 4.04. The van der Waals surface area contributed by atoms with Crippen molar-refractivity contribution in [2.24, 2.45) is 0 Å². The molecule has 0 bridgehead atoms. The topological polar surface area (TPSA) is 49.4 Å². The highest BCUT2D eigenvalue weighted by Gasteiger charge is 2.20. The number of halogens is 2. The average molecular weight is 363 g/mol. The Hall–Kier alpha value is -2.40. The summed E-state index contributed by atoms with van der Waals surface area (Å²) in [5.74, 6) is -0.927. The molecular weight excluding hydrogens is 343 g/mol. The maximum atomic E-state index is 12.9. The Kier molecular flexibility index (Phi) is 6.15. The normalized spacial score (nSPS) is 10.4. The minimum absolute atomic E-state index is 0.139. The number of benzene rings is 2. The van der Waals surface area contributed by atoms with E-state index < -0.39 is 0 Å². The molecule has 25 heavy (non-hydrogen) atoms. The molecule has 0 aromatic heterocycles. The van der Waals surface area contributed by atoms with E-state index in [-0.39, 0.29) is 30.7 Å². The van der Waals surface area contributed by atoms with Crippen LogP contribution in [0.15, 0.2) is 36.4 Å². The van der Waals surface area contributed by atoms with Crippen LogP contribution in [-0.2, 0) is 16.1 Å². The molecule has 0 saturated heterocycles. The SMILES string of the molecule is CC(=O)N(CC(=O)NCc1ccc(F)cc1)c1c(C)cc(C)cc1Cl. The first-order valence-electron chi connectivity index (χ1n) is 7.84. The van der Waals surface area contributed by atoms with E-state index in [0.717, 1.165) is 16.7 Å². The number of nitrogens with one attached hydrogen (secondary N) is 1. The first-order valence-corrected chi connectivity index (χ1v) is 8.21. The molecule has 2 rings (SSSR count). The van der Waals surface area contributed by atoms with Crippen LogP contribution in [0.25, 0.3) is 0 Å². The number of hydrogen-bond donors (Lipinski definition) is 1. The van der Waals surface area contributed by atoms with Crippen molar-refractivity contribution in [2.45, 2.75) is 27.3 Å². The summed E-state index contributed by atoms with van der Waals surface area (Å²) < 4.78 is 12.9. The molecule has 0 radical (unpaired) electrons. The second-order valence-electron chi connectivity index (χ2n) is 5.92. The summed E-state index contributed by atoms with van der Waals surface area (Å²) in [6.07, 6.45) is 0. The lowest BCUT2D eigenvalue weighted by atomic mass is 10.1. The van der Waals surface area contributed by atoms with Gasteiger partial charge in [0, 0.05) is 13.5 Å². The fourth-order valence-electron chi connectivity index (χ4n) is 2.60. The number of hydrogen-bond acceptors (Lipinski definition) is 2. The van der Waals surface area contributed by atoms with Crippen LogP contribution in [0.5, 0.6) is 0 Å². The largest absolute Gasteiger partial charge is 0.350 e. The lowest BCUT2D eigenvalue weighted by Gasteiger charge is -2.24. The zero-order valence-corrected chi connectivity index (χ0v) is 15.2. The van der Waals surface area contributed by atoms with Crippen LogP contribution in [0.1, 0.15) is 23.6 Å². The summed E-state index contributed by atoms with van der Waals surface area (Å²) in [5.41, 5.74) is 3.12. The molecule has 0 unspecified atom stereocenters. The van der Waals surface area contributed by atoms with E-state index in [1.165, 1.54) is 24.0 Å². The van der Waals surface area contributed by atoms with Crippen LogP contribution in [0.2, 0.25) is 5.02 Å². The highest BCUT2D eigenvalue weighted by molar-refractivity contribution is 6.34. The molecule has 4 nitrogen and oxygen atoms in total. The van der Waals surface area contributed by atoms with Gasteiger partial charge in [-0.15, -0.1) is 0 Å². The molecule has 0 aliphatic rings. The second kappa shape index (κ2) is 8.12. The van der Waals surface area contributed by atoms with Gasteiger partial charge in [-0.05, 0) is 48.7 Å². The fraction of sp³-hybridized carbons (Fsp3) is 0.263. The predicted octanol–water partition coefficient (Wildman–Crippen LogP) is 3.77. The Morgan fingerprint density at radius 1 is 1.16 bits per heavy atom. The lowest BCUT2D eigenvalue weighted by Crippen LogP contribution is -2.40. The average Bonchev–Trinajstić information content (AvgIpc) is 2.52. The molecule has 132 valence electrons. The zero-order valence-electron chi connectivity index (χ0n) is 14.4. The maximum absolute atomic E-state index is 12.9. The van der Waals surface area contributed by atoms with Crippen molar-refractivity contribution < 1.29 is 14.0 Å². The molecule has 2 aromatic carbocycles. The van der Waals surface area contributed by atoms with Crippen LogP contribution in [0.3, 0.4) is 0 Å².